The first kappa shape index (κ1) is 14.2. The molecular weight excluding hydrogens is 330 g/mol. The van der Waals surface area contributed by atoms with Gasteiger partial charge in [0.25, 0.3) is 0 Å². The van der Waals surface area contributed by atoms with E-state index in [1.165, 1.54) is 0 Å². The Morgan fingerprint density at radius 2 is 2.05 bits per heavy atom. The molecule has 0 saturated carbocycles. The molecule has 19 heavy (non-hydrogen) atoms. The van der Waals surface area contributed by atoms with Crippen LogP contribution in [0.4, 0.5) is 0 Å². The van der Waals surface area contributed by atoms with Crippen LogP contribution in [0.5, 0.6) is 5.88 Å². The molecule has 0 aliphatic heterocycles. The zero-order valence-corrected chi connectivity index (χ0v) is 13.0. The lowest BCUT2D eigenvalue weighted by molar-refractivity contribution is 0.398. The highest BCUT2D eigenvalue weighted by atomic mass is 79.9. The minimum absolute atomic E-state index is 0.401. The number of nitrogens with zero attached hydrogens (tertiary/aromatic N) is 3. The van der Waals surface area contributed by atoms with Gasteiger partial charge in [0.2, 0.25) is 5.88 Å². The third-order valence-corrected chi connectivity index (χ3v) is 3.86. The molecular formula is C13H13BrClN3O. The summed E-state index contributed by atoms with van der Waals surface area (Å²) in [7, 11) is 1.57. The normalized spacial score (nSPS) is 10.5. The van der Waals surface area contributed by atoms with Crippen LogP contribution in [0.25, 0.3) is 11.5 Å². The van der Waals surface area contributed by atoms with Crippen molar-refractivity contribution < 1.29 is 4.74 Å². The van der Waals surface area contributed by atoms with E-state index in [4.69, 9.17) is 16.3 Å². The number of methoxy groups -OCH3 is 1. The fourth-order valence-corrected chi connectivity index (χ4v) is 2.20. The standard InChI is InChI=1S/C13H13BrClN3O/c1-3-5-8-11(14)12(15)18-13(17-8)9-6-4-7-10(16-9)19-2/h4,6-7H,3,5H2,1-2H3. The van der Waals surface area contributed by atoms with Crippen molar-refractivity contribution in [3.05, 3.63) is 33.5 Å². The lowest BCUT2D eigenvalue weighted by Crippen LogP contribution is -2.00. The Morgan fingerprint density at radius 1 is 1.26 bits per heavy atom. The van der Waals surface area contributed by atoms with E-state index in [9.17, 15) is 0 Å². The van der Waals surface area contributed by atoms with Crippen molar-refractivity contribution >= 4 is 27.5 Å². The minimum Gasteiger partial charge on any atom is -0.481 e. The monoisotopic (exact) mass is 341 g/mol. The maximum absolute atomic E-state index is 6.12. The maximum atomic E-state index is 6.12. The van der Waals surface area contributed by atoms with Gasteiger partial charge in [0, 0.05) is 6.07 Å². The molecule has 0 N–H and O–H groups in total. The Morgan fingerprint density at radius 3 is 2.74 bits per heavy atom. The highest BCUT2D eigenvalue weighted by molar-refractivity contribution is 9.10. The summed E-state index contributed by atoms with van der Waals surface area (Å²) in [5, 5.41) is 0.401. The topological polar surface area (TPSA) is 47.9 Å². The molecule has 0 spiro atoms. The maximum Gasteiger partial charge on any atom is 0.213 e. The second-order valence-electron chi connectivity index (χ2n) is 3.91. The van der Waals surface area contributed by atoms with Gasteiger partial charge in [-0.15, -0.1) is 0 Å². The Bertz CT molecular complexity index is 592. The zero-order valence-electron chi connectivity index (χ0n) is 10.7. The van der Waals surface area contributed by atoms with Gasteiger partial charge in [0.15, 0.2) is 5.82 Å². The summed E-state index contributed by atoms with van der Waals surface area (Å²) in [5.41, 5.74) is 1.54. The van der Waals surface area contributed by atoms with E-state index in [-0.39, 0.29) is 0 Å². The Kier molecular flexibility index (Phi) is 4.71. The van der Waals surface area contributed by atoms with E-state index in [1.807, 2.05) is 12.1 Å². The number of aromatic nitrogens is 3. The number of halogens is 2. The molecule has 2 rings (SSSR count). The third-order valence-electron chi connectivity index (χ3n) is 2.53. The third kappa shape index (κ3) is 3.22. The number of rotatable bonds is 4. The number of hydrogen-bond donors (Lipinski definition) is 0. The van der Waals surface area contributed by atoms with Gasteiger partial charge in [0.1, 0.15) is 10.8 Å². The lowest BCUT2D eigenvalue weighted by Gasteiger charge is -2.07. The predicted molar refractivity (Wildman–Crippen MR) is 78.5 cm³/mol. The summed E-state index contributed by atoms with van der Waals surface area (Å²) in [6.07, 6.45) is 1.82. The molecule has 0 fully saturated rings. The Hall–Kier alpha value is -1.20. The van der Waals surface area contributed by atoms with Crippen LogP contribution in [0.1, 0.15) is 19.0 Å². The van der Waals surface area contributed by atoms with E-state index in [0.29, 0.717) is 22.6 Å². The Balaban J connectivity index is 2.49. The van der Waals surface area contributed by atoms with Gasteiger partial charge in [-0.05, 0) is 28.4 Å². The van der Waals surface area contributed by atoms with Crippen molar-refractivity contribution in [2.24, 2.45) is 0 Å². The van der Waals surface area contributed by atoms with E-state index in [1.54, 1.807) is 13.2 Å². The number of hydrogen-bond acceptors (Lipinski definition) is 4. The molecule has 2 aromatic rings. The second kappa shape index (κ2) is 6.30. The van der Waals surface area contributed by atoms with Crippen LogP contribution in [0.2, 0.25) is 5.15 Å². The van der Waals surface area contributed by atoms with Crippen LogP contribution in [0.15, 0.2) is 22.7 Å². The molecule has 0 aliphatic carbocycles. The fraction of sp³-hybridized carbons (Fsp3) is 0.308. The summed E-state index contributed by atoms with van der Waals surface area (Å²) in [5.74, 6) is 1.03. The van der Waals surface area contributed by atoms with Crippen LogP contribution in [0, 0.1) is 0 Å². The van der Waals surface area contributed by atoms with Crippen LogP contribution < -0.4 is 4.74 Å². The van der Waals surface area contributed by atoms with Crippen LogP contribution in [0.3, 0.4) is 0 Å². The van der Waals surface area contributed by atoms with Gasteiger partial charge in [-0.25, -0.2) is 15.0 Å². The largest absolute Gasteiger partial charge is 0.481 e. The summed E-state index contributed by atoms with van der Waals surface area (Å²) in [6, 6.07) is 5.45. The summed E-state index contributed by atoms with van der Waals surface area (Å²) in [4.78, 5) is 13.1. The highest BCUT2D eigenvalue weighted by Gasteiger charge is 2.12. The van der Waals surface area contributed by atoms with Crippen LogP contribution >= 0.6 is 27.5 Å². The Labute approximate surface area is 125 Å². The van der Waals surface area contributed by atoms with E-state index in [0.717, 1.165) is 23.0 Å². The lowest BCUT2D eigenvalue weighted by atomic mass is 10.2. The minimum atomic E-state index is 0.401. The average molecular weight is 343 g/mol. The highest BCUT2D eigenvalue weighted by Crippen LogP contribution is 2.27. The SMILES string of the molecule is CCCc1nc(-c2cccc(OC)n2)nc(Cl)c1Br. The van der Waals surface area contributed by atoms with Crippen molar-refractivity contribution in [1.29, 1.82) is 0 Å². The molecule has 0 aliphatic rings. The molecule has 0 amide bonds. The van der Waals surface area contributed by atoms with E-state index >= 15 is 0 Å². The zero-order chi connectivity index (χ0) is 13.8. The van der Waals surface area contributed by atoms with Gasteiger partial charge >= 0.3 is 0 Å². The van der Waals surface area contributed by atoms with E-state index < -0.39 is 0 Å². The van der Waals surface area contributed by atoms with E-state index in [2.05, 4.69) is 37.8 Å². The first-order valence-electron chi connectivity index (χ1n) is 5.89. The molecule has 0 atom stereocenters. The van der Waals surface area contributed by atoms with Gasteiger partial charge < -0.3 is 4.74 Å². The van der Waals surface area contributed by atoms with Crippen molar-refractivity contribution in [3.63, 3.8) is 0 Å². The molecule has 2 heterocycles. The molecule has 100 valence electrons. The van der Waals surface area contributed by atoms with Crippen molar-refractivity contribution in [2.75, 3.05) is 7.11 Å². The second-order valence-corrected chi connectivity index (χ2v) is 5.06. The molecule has 0 saturated heterocycles. The van der Waals surface area contributed by atoms with Crippen LogP contribution in [-0.2, 0) is 6.42 Å². The number of aryl methyl sites for hydroxylation is 1. The van der Waals surface area contributed by atoms with Crippen molar-refractivity contribution in [3.8, 4) is 17.4 Å². The molecule has 6 heteroatoms. The van der Waals surface area contributed by atoms with Gasteiger partial charge in [-0.2, -0.15) is 0 Å². The van der Waals surface area contributed by atoms with Crippen molar-refractivity contribution in [2.45, 2.75) is 19.8 Å². The predicted octanol–water partition coefficient (Wildman–Crippen LogP) is 3.92. The van der Waals surface area contributed by atoms with Crippen molar-refractivity contribution in [1.82, 2.24) is 15.0 Å². The molecule has 0 aromatic carbocycles. The number of ether oxygens (including phenoxy) is 1. The van der Waals surface area contributed by atoms with Crippen LogP contribution in [-0.4, -0.2) is 22.1 Å². The van der Waals surface area contributed by atoms with Gasteiger partial charge in [-0.1, -0.05) is 31.0 Å². The summed E-state index contributed by atoms with van der Waals surface area (Å²) >= 11 is 9.54. The summed E-state index contributed by atoms with van der Waals surface area (Å²) < 4.78 is 5.85. The summed E-state index contributed by atoms with van der Waals surface area (Å²) in [6.45, 7) is 2.09. The molecule has 0 radical (unpaired) electrons. The number of pyridine rings is 1. The molecule has 4 nitrogen and oxygen atoms in total. The molecule has 0 bridgehead atoms. The van der Waals surface area contributed by atoms with Gasteiger partial charge in [0.05, 0.1) is 17.3 Å². The quantitative estimate of drug-likeness (QED) is 0.790. The first-order valence-corrected chi connectivity index (χ1v) is 7.06. The smallest absolute Gasteiger partial charge is 0.213 e. The molecule has 0 unspecified atom stereocenters. The van der Waals surface area contributed by atoms with Gasteiger partial charge in [-0.3, -0.25) is 0 Å². The average Bonchev–Trinajstić information content (AvgIpc) is 2.44. The molecule has 2 aromatic heterocycles. The fourth-order valence-electron chi connectivity index (χ4n) is 1.63. The first-order chi connectivity index (χ1) is 9.15.